The standard InChI is InChI=1S/C27H34BrN3O2/c1-16-13-22(28)14-17(2)26(16)31-20(5)19(4)25-23(15-18(3)29-27(25)31)30-11-9-21(10-12-30)7-6-8-24(32)33/h13-15,21H,6-12H2,1-5H3,(H,32,33). The Morgan fingerprint density at radius 1 is 1.09 bits per heavy atom. The van der Waals surface area contributed by atoms with Crippen molar-refractivity contribution in [3.8, 4) is 5.69 Å². The summed E-state index contributed by atoms with van der Waals surface area (Å²) in [6, 6.07) is 6.59. The number of benzene rings is 1. The van der Waals surface area contributed by atoms with Crippen LogP contribution in [0.1, 0.15) is 60.2 Å². The predicted octanol–water partition coefficient (Wildman–Crippen LogP) is 6.80. The summed E-state index contributed by atoms with van der Waals surface area (Å²) in [4.78, 5) is 18.4. The predicted molar refractivity (Wildman–Crippen MR) is 139 cm³/mol. The number of piperidine rings is 1. The maximum atomic E-state index is 10.8. The number of pyridine rings is 1. The number of halogens is 1. The summed E-state index contributed by atoms with van der Waals surface area (Å²) in [6.07, 6.45) is 4.32. The minimum Gasteiger partial charge on any atom is -0.481 e. The first-order valence-corrected chi connectivity index (χ1v) is 12.7. The zero-order valence-electron chi connectivity index (χ0n) is 20.3. The Hall–Kier alpha value is -2.34. The van der Waals surface area contributed by atoms with Crippen LogP contribution in [0.4, 0.5) is 5.69 Å². The fourth-order valence-corrected chi connectivity index (χ4v) is 6.14. The van der Waals surface area contributed by atoms with E-state index in [1.165, 1.54) is 39.1 Å². The molecule has 1 aromatic carbocycles. The molecule has 0 aliphatic carbocycles. The highest BCUT2D eigenvalue weighted by atomic mass is 79.9. The fourth-order valence-electron chi connectivity index (χ4n) is 5.45. The molecule has 3 aromatic rings. The molecule has 0 bridgehead atoms. The molecule has 0 atom stereocenters. The van der Waals surface area contributed by atoms with E-state index in [-0.39, 0.29) is 6.42 Å². The molecule has 0 spiro atoms. The zero-order chi connectivity index (χ0) is 23.9. The molecule has 1 aliphatic rings. The minimum absolute atomic E-state index is 0.283. The van der Waals surface area contributed by atoms with Crippen molar-refractivity contribution in [2.75, 3.05) is 18.0 Å². The molecule has 0 unspecified atom stereocenters. The monoisotopic (exact) mass is 511 g/mol. The van der Waals surface area contributed by atoms with E-state index in [1.54, 1.807) is 0 Å². The molecule has 1 saturated heterocycles. The first-order chi connectivity index (χ1) is 15.7. The van der Waals surface area contributed by atoms with Crippen molar-refractivity contribution in [2.24, 2.45) is 5.92 Å². The lowest BCUT2D eigenvalue weighted by Gasteiger charge is -2.34. The zero-order valence-corrected chi connectivity index (χ0v) is 21.9. The molecular formula is C27H34BrN3O2. The van der Waals surface area contributed by atoms with Crippen molar-refractivity contribution >= 4 is 38.6 Å². The van der Waals surface area contributed by atoms with Crippen LogP contribution < -0.4 is 4.90 Å². The number of hydrogen-bond donors (Lipinski definition) is 1. The molecule has 1 aliphatic heterocycles. The van der Waals surface area contributed by atoms with Crippen LogP contribution >= 0.6 is 15.9 Å². The molecule has 3 heterocycles. The third-order valence-electron chi connectivity index (χ3n) is 7.21. The van der Waals surface area contributed by atoms with Crippen molar-refractivity contribution < 1.29 is 9.90 Å². The molecule has 5 nitrogen and oxygen atoms in total. The number of rotatable bonds is 6. The van der Waals surface area contributed by atoms with Gasteiger partial charge < -0.3 is 10.0 Å². The van der Waals surface area contributed by atoms with Gasteiger partial charge in [-0.1, -0.05) is 15.9 Å². The van der Waals surface area contributed by atoms with E-state index in [0.29, 0.717) is 5.92 Å². The van der Waals surface area contributed by atoms with Gasteiger partial charge in [-0.25, -0.2) is 4.98 Å². The van der Waals surface area contributed by atoms with E-state index >= 15 is 0 Å². The molecule has 33 heavy (non-hydrogen) atoms. The third-order valence-corrected chi connectivity index (χ3v) is 7.67. The number of carboxylic acid groups (broad SMARTS) is 1. The van der Waals surface area contributed by atoms with Gasteiger partial charge in [-0.05, 0) is 101 Å². The van der Waals surface area contributed by atoms with Gasteiger partial charge in [0.05, 0.1) is 5.69 Å². The second-order valence-corrected chi connectivity index (χ2v) is 10.5. The van der Waals surface area contributed by atoms with Crippen LogP contribution in [-0.4, -0.2) is 33.7 Å². The Morgan fingerprint density at radius 3 is 2.33 bits per heavy atom. The Kier molecular flexibility index (Phi) is 6.85. The first-order valence-electron chi connectivity index (χ1n) is 11.9. The average molecular weight is 512 g/mol. The maximum absolute atomic E-state index is 10.8. The molecule has 2 aromatic heterocycles. The SMILES string of the molecule is Cc1cc(N2CCC(CCCC(=O)O)CC2)c2c(C)c(C)n(-c3c(C)cc(Br)cc3C)c2n1. The Morgan fingerprint density at radius 2 is 1.73 bits per heavy atom. The lowest BCUT2D eigenvalue weighted by atomic mass is 9.91. The number of aliphatic carboxylic acids is 1. The summed E-state index contributed by atoms with van der Waals surface area (Å²) in [6.45, 7) is 12.9. The number of fused-ring (bicyclic) bond motifs is 1. The number of carbonyl (C=O) groups is 1. The highest BCUT2D eigenvalue weighted by Gasteiger charge is 2.25. The fraction of sp³-hybridized carbons (Fsp3) is 0.481. The molecule has 0 amide bonds. The van der Waals surface area contributed by atoms with Crippen molar-refractivity contribution in [1.29, 1.82) is 0 Å². The average Bonchev–Trinajstić information content (AvgIpc) is 2.98. The summed E-state index contributed by atoms with van der Waals surface area (Å²) in [5, 5.41) is 10.2. The van der Waals surface area contributed by atoms with Gasteiger partial charge in [-0.3, -0.25) is 9.36 Å². The second-order valence-electron chi connectivity index (χ2n) is 9.63. The van der Waals surface area contributed by atoms with Crippen LogP contribution in [0.2, 0.25) is 0 Å². The lowest BCUT2D eigenvalue weighted by Crippen LogP contribution is -2.34. The van der Waals surface area contributed by atoms with Gasteiger partial charge in [0, 0.05) is 46.4 Å². The minimum atomic E-state index is -0.686. The van der Waals surface area contributed by atoms with E-state index in [9.17, 15) is 4.79 Å². The van der Waals surface area contributed by atoms with Crippen LogP contribution in [-0.2, 0) is 4.79 Å². The van der Waals surface area contributed by atoms with Crippen LogP contribution in [0.5, 0.6) is 0 Å². The first kappa shape index (κ1) is 23.8. The summed E-state index contributed by atoms with van der Waals surface area (Å²) < 4.78 is 3.44. The second kappa shape index (κ2) is 9.49. The van der Waals surface area contributed by atoms with Crippen LogP contribution in [0.25, 0.3) is 16.7 Å². The molecule has 176 valence electrons. The van der Waals surface area contributed by atoms with E-state index in [1.807, 2.05) is 0 Å². The molecule has 4 rings (SSSR count). The largest absolute Gasteiger partial charge is 0.481 e. The van der Waals surface area contributed by atoms with Gasteiger partial charge >= 0.3 is 5.97 Å². The summed E-state index contributed by atoms with van der Waals surface area (Å²) in [5.74, 6) is -0.0618. The summed E-state index contributed by atoms with van der Waals surface area (Å²) in [7, 11) is 0. The van der Waals surface area contributed by atoms with Gasteiger partial charge in [0.2, 0.25) is 0 Å². The van der Waals surface area contributed by atoms with Gasteiger partial charge in [0.25, 0.3) is 0 Å². The highest BCUT2D eigenvalue weighted by Crippen LogP contribution is 2.38. The number of carboxylic acids is 1. The Bertz CT molecular complexity index is 1180. The normalized spacial score (nSPS) is 14.9. The highest BCUT2D eigenvalue weighted by molar-refractivity contribution is 9.10. The number of anilines is 1. The number of aromatic nitrogens is 2. The number of hydrogen-bond acceptors (Lipinski definition) is 3. The molecule has 1 fully saturated rings. The molecule has 0 saturated carbocycles. The van der Waals surface area contributed by atoms with Crippen molar-refractivity contribution in [3.63, 3.8) is 0 Å². The maximum Gasteiger partial charge on any atom is 0.303 e. The van der Waals surface area contributed by atoms with Crippen molar-refractivity contribution in [3.05, 3.63) is 50.8 Å². The van der Waals surface area contributed by atoms with Gasteiger partial charge in [-0.15, -0.1) is 0 Å². The molecular weight excluding hydrogens is 478 g/mol. The Balaban J connectivity index is 1.71. The van der Waals surface area contributed by atoms with Gasteiger partial charge in [0.1, 0.15) is 5.65 Å². The van der Waals surface area contributed by atoms with E-state index in [2.05, 4.69) is 78.2 Å². The van der Waals surface area contributed by atoms with Gasteiger partial charge in [0.15, 0.2) is 0 Å². The summed E-state index contributed by atoms with van der Waals surface area (Å²) in [5.41, 5.74) is 9.56. The van der Waals surface area contributed by atoms with Crippen LogP contribution in [0, 0.1) is 40.5 Å². The Labute approximate surface area is 204 Å². The molecule has 1 N–H and O–H groups in total. The van der Waals surface area contributed by atoms with Crippen LogP contribution in [0.3, 0.4) is 0 Å². The molecule has 0 radical (unpaired) electrons. The topological polar surface area (TPSA) is 58.4 Å². The summed E-state index contributed by atoms with van der Waals surface area (Å²) >= 11 is 3.64. The van der Waals surface area contributed by atoms with Crippen molar-refractivity contribution in [2.45, 2.75) is 66.7 Å². The van der Waals surface area contributed by atoms with Gasteiger partial charge in [-0.2, -0.15) is 0 Å². The van der Waals surface area contributed by atoms with E-state index < -0.39 is 5.97 Å². The van der Waals surface area contributed by atoms with E-state index in [4.69, 9.17) is 10.1 Å². The van der Waals surface area contributed by atoms with Crippen LogP contribution in [0.15, 0.2) is 22.7 Å². The quantitative estimate of drug-likeness (QED) is 0.395. The molecule has 6 heteroatoms. The third kappa shape index (κ3) is 4.68. The number of aryl methyl sites for hydroxylation is 4. The van der Waals surface area contributed by atoms with Crippen molar-refractivity contribution in [1.82, 2.24) is 9.55 Å². The smallest absolute Gasteiger partial charge is 0.303 e. The van der Waals surface area contributed by atoms with E-state index in [0.717, 1.165) is 54.6 Å². The lowest BCUT2D eigenvalue weighted by molar-refractivity contribution is -0.137. The number of nitrogens with zero attached hydrogens (tertiary/aromatic N) is 3.